The average molecular weight is 791 g/mol. The summed E-state index contributed by atoms with van der Waals surface area (Å²) in [6.07, 6.45) is 0. The van der Waals surface area contributed by atoms with Gasteiger partial charge in [0.1, 0.15) is 0 Å². The Bertz CT molecular complexity index is 3920. The molecule has 0 saturated carbocycles. The molecule has 0 fully saturated rings. The van der Waals surface area contributed by atoms with Gasteiger partial charge in [0.2, 0.25) is 5.95 Å². The average Bonchev–Trinajstić information content (AvgIpc) is 3.86. The standard InChI is InChI=1S/C56H34N6/c1-2-15-36(16-3-1)53-41-18-6-10-22-45(41)57-55(59-53)37-28-30-40(31-29-37)61-47-24-12-8-20-43(47)51-49(61)32-33-50-52(51)44-21-9-13-25-48(44)62(50)56-58-46-23-11-7-19-42(46)54(60-56)39-27-26-35-14-4-5-17-38(35)34-39/h1-34H. The fourth-order valence-electron chi connectivity index (χ4n) is 9.51. The number of benzene rings is 9. The second-order valence-electron chi connectivity index (χ2n) is 15.8. The molecule has 13 aromatic rings. The van der Waals surface area contributed by atoms with E-state index in [1.165, 1.54) is 26.9 Å². The number of rotatable bonds is 5. The van der Waals surface area contributed by atoms with Gasteiger partial charge in [0.15, 0.2) is 5.82 Å². The van der Waals surface area contributed by atoms with E-state index in [2.05, 4.69) is 197 Å². The van der Waals surface area contributed by atoms with Crippen LogP contribution in [0, 0.1) is 0 Å². The first-order valence-electron chi connectivity index (χ1n) is 20.9. The highest BCUT2D eigenvalue weighted by Crippen LogP contribution is 2.43. The van der Waals surface area contributed by atoms with Crippen molar-refractivity contribution in [2.24, 2.45) is 0 Å². The lowest BCUT2D eigenvalue weighted by Crippen LogP contribution is -2.03. The van der Waals surface area contributed by atoms with E-state index in [1.54, 1.807) is 0 Å². The third-order valence-corrected chi connectivity index (χ3v) is 12.3. The van der Waals surface area contributed by atoms with E-state index < -0.39 is 0 Å². The van der Waals surface area contributed by atoms with Gasteiger partial charge in [-0.05, 0) is 77.5 Å². The van der Waals surface area contributed by atoms with E-state index in [9.17, 15) is 0 Å². The molecule has 0 unspecified atom stereocenters. The Morgan fingerprint density at radius 1 is 0.306 bits per heavy atom. The van der Waals surface area contributed by atoms with E-state index in [0.717, 1.165) is 83.0 Å². The molecule has 6 nitrogen and oxygen atoms in total. The maximum absolute atomic E-state index is 5.42. The number of aromatic nitrogens is 6. The minimum absolute atomic E-state index is 0.642. The molecule has 0 amide bonds. The van der Waals surface area contributed by atoms with Gasteiger partial charge in [-0.2, -0.15) is 0 Å². The van der Waals surface area contributed by atoms with E-state index in [0.29, 0.717) is 11.8 Å². The van der Waals surface area contributed by atoms with Gasteiger partial charge in [-0.1, -0.05) is 140 Å². The predicted molar refractivity (Wildman–Crippen MR) is 255 cm³/mol. The topological polar surface area (TPSA) is 61.4 Å². The third kappa shape index (κ3) is 5.23. The van der Waals surface area contributed by atoms with Crippen LogP contribution in [0.15, 0.2) is 206 Å². The Morgan fingerprint density at radius 3 is 1.55 bits per heavy atom. The molecular formula is C56H34N6. The van der Waals surface area contributed by atoms with Crippen molar-refractivity contribution in [3.05, 3.63) is 206 Å². The first-order valence-corrected chi connectivity index (χ1v) is 20.9. The monoisotopic (exact) mass is 790 g/mol. The van der Waals surface area contributed by atoms with Crippen LogP contribution in [0.1, 0.15) is 0 Å². The lowest BCUT2D eigenvalue weighted by atomic mass is 10.0. The highest BCUT2D eigenvalue weighted by Gasteiger charge is 2.23. The summed E-state index contributed by atoms with van der Waals surface area (Å²) in [4.78, 5) is 20.9. The SMILES string of the molecule is c1ccc(-c2nc(-c3ccc(-n4c5ccccc5c5c6c7ccccc7n(-c7nc(-c8ccc9ccccc9c8)c8ccccc8n7)c6ccc54)cc3)nc3ccccc23)cc1. The van der Waals surface area contributed by atoms with Crippen LogP contribution in [0.5, 0.6) is 0 Å². The van der Waals surface area contributed by atoms with Crippen molar-refractivity contribution in [2.75, 3.05) is 0 Å². The fraction of sp³-hybridized carbons (Fsp3) is 0. The van der Waals surface area contributed by atoms with Crippen LogP contribution in [0.25, 0.3) is 122 Å². The minimum Gasteiger partial charge on any atom is -0.309 e. The normalized spacial score (nSPS) is 11.9. The van der Waals surface area contributed by atoms with Crippen LogP contribution >= 0.6 is 0 Å². The molecular weight excluding hydrogens is 757 g/mol. The highest BCUT2D eigenvalue weighted by atomic mass is 15.2. The van der Waals surface area contributed by atoms with Crippen LogP contribution in [-0.2, 0) is 0 Å². The molecule has 0 bridgehead atoms. The summed E-state index contributed by atoms with van der Waals surface area (Å²) in [5.41, 5.74) is 12.2. The van der Waals surface area contributed by atoms with Gasteiger partial charge < -0.3 is 4.57 Å². The van der Waals surface area contributed by atoms with E-state index in [4.69, 9.17) is 19.9 Å². The molecule has 0 aliphatic heterocycles. The quantitative estimate of drug-likeness (QED) is 0.174. The van der Waals surface area contributed by atoms with Crippen molar-refractivity contribution in [3.63, 3.8) is 0 Å². The second-order valence-corrected chi connectivity index (χ2v) is 15.8. The lowest BCUT2D eigenvalue weighted by Gasteiger charge is -2.12. The fourth-order valence-corrected chi connectivity index (χ4v) is 9.51. The first-order chi connectivity index (χ1) is 30.7. The molecule has 0 atom stereocenters. The molecule has 288 valence electrons. The molecule has 13 rings (SSSR count). The summed E-state index contributed by atoms with van der Waals surface area (Å²) in [5, 5.41) is 9.14. The molecule has 6 heteroatoms. The third-order valence-electron chi connectivity index (χ3n) is 12.3. The molecule has 9 aromatic carbocycles. The van der Waals surface area contributed by atoms with Crippen LogP contribution in [0.4, 0.5) is 0 Å². The molecule has 0 spiro atoms. The Balaban J connectivity index is 1.00. The number of fused-ring (bicyclic) bond motifs is 10. The Labute approximate surface area is 355 Å². The summed E-state index contributed by atoms with van der Waals surface area (Å²) in [7, 11) is 0. The maximum atomic E-state index is 5.42. The van der Waals surface area contributed by atoms with Crippen molar-refractivity contribution < 1.29 is 0 Å². The maximum Gasteiger partial charge on any atom is 0.235 e. The number of hydrogen-bond acceptors (Lipinski definition) is 4. The van der Waals surface area contributed by atoms with Crippen molar-refractivity contribution in [1.29, 1.82) is 0 Å². The van der Waals surface area contributed by atoms with Gasteiger partial charge in [0.05, 0.1) is 44.5 Å². The van der Waals surface area contributed by atoms with Crippen molar-refractivity contribution in [1.82, 2.24) is 29.1 Å². The predicted octanol–water partition coefficient (Wildman–Crippen LogP) is 13.9. The van der Waals surface area contributed by atoms with Crippen LogP contribution in [0.2, 0.25) is 0 Å². The van der Waals surface area contributed by atoms with Gasteiger partial charge >= 0.3 is 0 Å². The lowest BCUT2D eigenvalue weighted by molar-refractivity contribution is 1.01. The Morgan fingerprint density at radius 2 is 0.839 bits per heavy atom. The Kier molecular flexibility index (Phi) is 7.50. The second kappa shape index (κ2) is 13.5. The first kappa shape index (κ1) is 34.4. The van der Waals surface area contributed by atoms with Crippen LogP contribution in [0.3, 0.4) is 0 Å². The number of nitrogens with zero attached hydrogens (tertiary/aromatic N) is 6. The van der Waals surface area contributed by atoms with E-state index in [1.807, 2.05) is 18.2 Å². The largest absolute Gasteiger partial charge is 0.309 e. The number of hydrogen-bond donors (Lipinski definition) is 0. The molecule has 0 aliphatic carbocycles. The zero-order valence-electron chi connectivity index (χ0n) is 33.3. The van der Waals surface area contributed by atoms with Crippen LogP contribution in [-0.4, -0.2) is 29.1 Å². The molecule has 0 N–H and O–H groups in total. The summed E-state index contributed by atoms with van der Waals surface area (Å²) in [6, 6.07) is 72.5. The minimum atomic E-state index is 0.642. The van der Waals surface area contributed by atoms with Gasteiger partial charge in [0, 0.05) is 54.7 Å². The summed E-state index contributed by atoms with van der Waals surface area (Å²) < 4.78 is 4.62. The summed E-state index contributed by atoms with van der Waals surface area (Å²) >= 11 is 0. The van der Waals surface area contributed by atoms with Gasteiger partial charge in [-0.15, -0.1) is 0 Å². The zero-order chi connectivity index (χ0) is 40.7. The van der Waals surface area contributed by atoms with Gasteiger partial charge in [-0.3, -0.25) is 4.57 Å². The molecule has 0 aliphatic rings. The van der Waals surface area contributed by atoms with Crippen LogP contribution < -0.4 is 0 Å². The summed E-state index contributed by atoms with van der Waals surface area (Å²) in [6.45, 7) is 0. The zero-order valence-corrected chi connectivity index (χ0v) is 33.3. The van der Waals surface area contributed by atoms with Crippen molar-refractivity contribution >= 4 is 76.2 Å². The van der Waals surface area contributed by atoms with Gasteiger partial charge in [0.25, 0.3) is 0 Å². The molecule has 0 saturated heterocycles. The molecule has 4 aromatic heterocycles. The molecule has 62 heavy (non-hydrogen) atoms. The highest BCUT2D eigenvalue weighted by molar-refractivity contribution is 6.29. The smallest absolute Gasteiger partial charge is 0.235 e. The van der Waals surface area contributed by atoms with E-state index in [-0.39, 0.29) is 0 Å². The van der Waals surface area contributed by atoms with Crippen molar-refractivity contribution in [3.8, 4) is 45.5 Å². The summed E-state index contributed by atoms with van der Waals surface area (Å²) in [5.74, 6) is 1.34. The van der Waals surface area contributed by atoms with Crippen molar-refractivity contribution in [2.45, 2.75) is 0 Å². The van der Waals surface area contributed by atoms with Gasteiger partial charge in [-0.25, -0.2) is 19.9 Å². The number of para-hydroxylation sites is 4. The molecule has 4 heterocycles. The Hall–Kier alpha value is -8.48. The van der Waals surface area contributed by atoms with E-state index >= 15 is 0 Å². The molecule has 0 radical (unpaired) electrons.